The van der Waals surface area contributed by atoms with Crippen LogP contribution in [0.4, 0.5) is 5.69 Å². The van der Waals surface area contributed by atoms with Crippen LogP contribution >= 0.6 is 0 Å². The Kier molecular flexibility index (Phi) is 3.19. The Balaban J connectivity index is 1.91. The lowest BCUT2D eigenvalue weighted by molar-refractivity contribution is -0.131. The number of carboxylic acids is 1. The van der Waals surface area contributed by atoms with Crippen molar-refractivity contribution in [1.29, 1.82) is 5.26 Å². The fourth-order valence-corrected chi connectivity index (χ4v) is 3.53. The average Bonchev–Trinajstić information content (AvgIpc) is 2.69. The van der Waals surface area contributed by atoms with E-state index in [1.807, 2.05) is 24.3 Å². The molecular weight excluding hydrogens is 252 g/mol. The van der Waals surface area contributed by atoms with E-state index in [1.165, 1.54) is 6.08 Å². The SMILES string of the molecule is N#Cc1ccccc1N1C2CCC1CC(=CC(=O)O)C2. The van der Waals surface area contributed by atoms with Gasteiger partial charge in [-0.1, -0.05) is 17.7 Å². The van der Waals surface area contributed by atoms with Gasteiger partial charge in [-0.05, 0) is 37.8 Å². The fourth-order valence-electron chi connectivity index (χ4n) is 3.53. The van der Waals surface area contributed by atoms with Crippen LogP contribution in [-0.2, 0) is 4.79 Å². The maximum absolute atomic E-state index is 10.8. The molecule has 2 fully saturated rings. The standard InChI is InChI=1S/C16H16N2O2/c17-10-12-3-1-2-4-15(12)18-13-5-6-14(18)8-11(7-13)9-16(19)20/h1-4,9,13-14H,5-8H2,(H,19,20). The number of anilines is 1. The van der Waals surface area contributed by atoms with Crippen molar-refractivity contribution in [1.82, 2.24) is 0 Å². The molecule has 1 N–H and O–H groups in total. The molecule has 0 spiro atoms. The number of para-hydroxylation sites is 1. The summed E-state index contributed by atoms with van der Waals surface area (Å²) in [5, 5.41) is 18.1. The molecule has 2 saturated heterocycles. The number of nitriles is 1. The van der Waals surface area contributed by atoms with Crippen LogP contribution < -0.4 is 4.90 Å². The zero-order valence-corrected chi connectivity index (χ0v) is 11.1. The molecule has 4 heteroatoms. The highest BCUT2D eigenvalue weighted by atomic mass is 16.4. The van der Waals surface area contributed by atoms with E-state index in [1.54, 1.807) is 0 Å². The van der Waals surface area contributed by atoms with Crippen molar-refractivity contribution in [3.8, 4) is 6.07 Å². The lowest BCUT2D eigenvalue weighted by atomic mass is 9.95. The molecule has 1 aromatic carbocycles. The van der Waals surface area contributed by atoms with Gasteiger partial charge in [0.05, 0.1) is 11.3 Å². The van der Waals surface area contributed by atoms with Crippen LogP contribution in [0.25, 0.3) is 0 Å². The van der Waals surface area contributed by atoms with E-state index in [9.17, 15) is 10.1 Å². The zero-order valence-electron chi connectivity index (χ0n) is 11.1. The van der Waals surface area contributed by atoms with Gasteiger partial charge in [0.25, 0.3) is 0 Å². The van der Waals surface area contributed by atoms with Gasteiger partial charge in [-0.15, -0.1) is 0 Å². The molecule has 2 heterocycles. The van der Waals surface area contributed by atoms with Crippen molar-refractivity contribution < 1.29 is 9.90 Å². The largest absolute Gasteiger partial charge is 0.478 e. The molecular formula is C16H16N2O2. The Morgan fingerprint density at radius 1 is 1.30 bits per heavy atom. The van der Waals surface area contributed by atoms with Gasteiger partial charge in [0.2, 0.25) is 0 Å². The van der Waals surface area contributed by atoms with E-state index < -0.39 is 5.97 Å². The third-order valence-corrected chi connectivity index (χ3v) is 4.25. The summed E-state index contributed by atoms with van der Waals surface area (Å²) < 4.78 is 0. The Bertz CT molecular complexity index is 599. The van der Waals surface area contributed by atoms with Crippen molar-refractivity contribution in [2.45, 2.75) is 37.8 Å². The highest BCUT2D eigenvalue weighted by Crippen LogP contribution is 2.42. The van der Waals surface area contributed by atoms with Gasteiger partial charge in [-0.25, -0.2) is 4.79 Å². The normalized spacial score (nSPS) is 24.4. The van der Waals surface area contributed by atoms with Gasteiger partial charge < -0.3 is 10.0 Å². The van der Waals surface area contributed by atoms with Crippen LogP contribution in [0.15, 0.2) is 35.9 Å². The Morgan fingerprint density at radius 3 is 2.55 bits per heavy atom. The highest BCUT2D eigenvalue weighted by molar-refractivity contribution is 5.81. The number of hydrogen-bond donors (Lipinski definition) is 1. The number of piperidine rings is 1. The molecule has 3 rings (SSSR count). The number of carboxylic acid groups (broad SMARTS) is 1. The third-order valence-electron chi connectivity index (χ3n) is 4.25. The second-order valence-electron chi connectivity index (χ2n) is 5.47. The predicted molar refractivity (Wildman–Crippen MR) is 75.4 cm³/mol. The van der Waals surface area contributed by atoms with Crippen LogP contribution in [0.3, 0.4) is 0 Å². The van der Waals surface area contributed by atoms with E-state index >= 15 is 0 Å². The summed E-state index contributed by atoms with van der Waals surface area (Å²) in [6, 6.07) is 10.6. The second-order valence-corrected chi connectivity index (χ2v) is 5.47. The minimum Gasteiger partial charge on any atom is -0.478 e. The Hall–Kier alpha value is -2.28. The summed E-state index contributed by atoms with van der Waals surface area (Å²) in [5.74, 6) is -0.856. The van der Waals surface area contributed by atoms with Crippen LogP contribution in [-0.4, -0.2) is 23.2 Å². The molecule has 2 atom stereocenters. The summed E-state index contributed by atoms with van der Waals surface area (Å²) in [4.78, 5) is 13.2. The quantitative estimate of drug-likeness (QED) is 0.838. The molecule has 0 radical (unpaired) electrons. The first-order valence-electron chi connectivity index (χ1n) is 6.89. The van der Waals surface area contributed by atoms with Crippen LogP contribution in [0.2, 0.25) is 0 Å². The van der Waals surface area contributed by atoms with E-state index in [0.717, 1.165) is 36.9 Å². The van der Waals surface area contributed by atoms with Crippen molar-refractivity contribution in [2.75, 3.05) is 4.90 Å². The number of carbonyl (C=O) groups is 1. The summed E-state index contributed by atoms with van der Waals surface area (Å²) in [6.07, 6.45) is 5.09. The number of hydrogen-bond acceptors (Lipinski definition) is 3. The molecule has 1 aromatic rings. The summed E-state index contributed by atoms with van der Waals surface area (Å²) in [5.41, 5.74) is 2.72. The first kappa shape index (κ1) is 12.7. The van der Waals surface area contributed by atoms with Gasteiger partial charge in [0.1, 0.15) is 6.07 Å². The lowest BCUT2D eigenvalue weighted by Crippen LogP contribution is -2.41. The van der Waals surface area contributed by atoms with Gasteiger partial charge >= 0.3 is 5.97 Å². The Morgan fingerprint density at radius 2 is 1.95 bits per heavy atom. The van der Waals surface area contributed by atoms with Gasteiger partial charge in [0, 0.05) is 18.2 Å². The second kappa shape index (κ2) is 5.01. The first-order valence-corrected chi connectivity index (χ1v) is 6.89. The maximum atomic E-state index is 10.8. The molecule has 2 unspecified atom stereocenters. The van der Waals surface area contributed by atoms with E-state index in [4.69, 9.17) is 5.11 Å². The number of nitrogens with zero attached hydrogens (tertiary/aromatic N) is 2. The minimum atomic E-state index is -0.856. The van der Waals surface area contributed by atoms with Gasteiger partial charge in [-0.2, -0.15) is 5.26 Å². The van der Waals surface area contributed by atoms with Crippen molar-refractivity contribution in [3.63, 3.8) is 0 Å². The number of aliphatic carboxylic acids is 1. The third kappa shape index (κ3) is 2.16. The molecule has 2 bridgehead atoms. The van der Waals surface area contributed by atoms with E-state index in [-0.39, 0.29) is 0 Å². The molecule has 20 heavy (non-hydrogen) atoms. The predicted octanol–water partition coefficient (Wildman–Crippen LogP) is 2.70. The molecule has 2 aliphatic rings. The highest BCUT2D eigenvalue weighted by Gasteiger charge is 2.39. The van der Waals surface area contributed by atoms with Crippen molar-refractivity contribution >= 4 is 11.7 Å². The number of fused-ring (bicyclic) bond motifs is 2. The topological polar surface area (TPSA) is 64.3 Å². The molecule has 0 amide bonds. The number of rotatable bonds is 2. The molecule has 0 saturated carbocycles. The zero-order chi connectivity index (χ0) is 14.1. The van der Waals surface area contributed by atoms with Crippen LogP contribution in [0, 0.1) is 11.3 Å². The molecule has 4 nitrogen and oxygen atoms in total. The van der Waals surface area contributed by atoms with Crippen molar-refractivity contribution in [2.24, 2.45) is 0 Å². The van der Waals surface area contributed by atoms with E-state index in [2.05, 4.69) is 11.0 Å². The van der Waals surface area contributed by atoms with Crippen LogP contribution in [0.1, 0.15) is 31.2 Å². The van der Waals surface area contributed by atoms with Gasteiger partial charge in [0.15, 0.2) is 0 Å². The molecule has 2 aliphatic heterocycles. The monoisotopic (exact) mass is 268 g/mol. The molecule has 102 valence electrons. The summed E-state index contributed by atoms with van der Waals surface area (Å²) >= 11 is 0. The van der Waals surface area contributed by atoms with Crippen molar-refractivity contribution in [3.05, 3.63) is 41.5 Å². The maximum Gasteiger partial charge on any atom is 0.328 e. The molecule has 0 aromatic heterocycles. The average molecular weight is 268 g/mol. The van der Waals surface area contributed by atoms with Crippen LogP contribution in [0.5, 0.6) is 0 Å². The Labute approximate surface area is 117 Å². The fraction of sp³-hybridized carbons (Fsp3) is 0.375. The summed E-state index contributed by atoms with van der Waals surface area (Å²) in [7, 11) is 0. The smallest absolute Gasteiger partial charge is 0.328 e. The van der Waals surface area contributed by atoms with Gasteiger partial charge in [-0.3, -0.25) is 0 Å². The molecule has 0 aliphatic carbocycles. The lowest BCUT2D eigenvalue weighted by Gasteiger charge is -2.38. The first-order chi connectivity index (χ1) is 9.69. The number of benzene rings is 1. The summed E-state index contributed by atoms with van der Waals surface area (Å²) in [6.45, 7) is 0. The van der Waals surface area contributed by atoms with E-state index in [0.29, 0.717) is 17.6 Å². The minimum absolute atomic E-state index is 0.328.